The summed E-state index contributed by atoms with van der Waals surface area (Å²) in [5.41, 5.74) is 10.6. The van der Waals surface area contributed by atoms with Crippen molar-refractivity contribution in [2.24, 2.45) is 0 Å². The van der Waals surface area contributed by atoms with Gasteiger partial charge in [-0.1, -0.05) is 152 Å². The molecule has 3 aromatic heterocycles. The molecule has 0 atom stereocenters. The van der Waals surface area contributed by atoms with E-state index in [4.69, 9.17) is 15.0 Å². The zero-order chi connectivity index (χ0) is 31.2. The standard InChI is InChI=1S/C43H27N3S/c1-4-14-28(15-5-1)37-38-40(29-16-6-2-7-17-29)44-36-23-13-11-21-34(36)42(38)47-41(37)31-26-24-30(25-27-31)39-33-20-10-12-22-35(33)45-43(46-39)32-18-8-3-9-19-32/h1-27H. The van der Waals surface area contributed by atoms with Gasteiger partial charge in [0.1, 0.15) is 0 Å². The second-order valence-electron chi connectivity index (χ2n) is 11.6. The molecule has 0 aliphatic carbocycles. The maximum absolute atomic E-state index is 5.28. The number of fused-ring (bicyclic) bond motifs is 4. The fourth-order valence-electron chi connectivity index (χ4n) is 6.47. The van der Waals surface area contributed by atoms with E-state index < -0.39 is 0 Å². The van der Waals surface area contributed by atoms with Crippen LogP contribution >= 0.6 is 11.3 Å². The number of para-hydroxylation sites is 2. The van der Waals surface area contributed by atoms with Crippen molar-refractivity contribution in [3.8, 4) is 55.5 Å². The van der Waals surface area contributed by atoms with Crippen molar-refractivity contribution in [2.75, 3.05) is 0 Å². The first kappa shape index (κ1) is 27.3. The number of pyridine rings is 1. The third kappa shape index (κ3) is 4.78. The van der Waals surface area contributed by atoms with Gasteiger partial charge in [-0.2, -0.15) is 0 Å². The van der Waals surface area contributed by atoms with Gasteiger partial charge in [-0.25, -0.2) is 15.0 Å². The molecule has 3 nitrogen and oxygen atoms in total. The van der Waals surface area contributed by atoms with Gasteiger partial charge in [0.15, 0.2) is 5.82 Å². The zero-order valence-corrected chi connectivity index (χ0v) is 26.2. The summed E-state index contributed by atoms with van der Waals surface area (Å²) >= 11 is 1.85. The summed E-state index contributed by atoms with van der Waals surface area (Å²) in [6, 6.07) is 57.1. The smallest absolute Gasteiger partial charge is 0.160 e. The molecule has 0 aliphatic rings. The van der Waals surface area contributed by atoms with Gasteiger partial charge in [0.2, 0.25) is 0 Å². The Kier molecular flexibility index (Phi) is 6.65. The number of aromatic nitrogens is 3. The molecule has 220 valence electrons. The SMILES string of the molecule is c1ccc(-c2nc(-c3ccc(-c4sc5c(c(-c6ccccc6)nc6ccccc65)c4-c4ccccc4)cc3)c3ccccc3n2)cc1. The molecule has 4 heteroatoms. The summed E-state index contributed by atoms with van der Waals surface area (Å²) in [4.78, 5) is 16.5. The Hall–Kier alpha value is -5.97. The molecule has 0 aliphatic heterocycles. The Morgan fingerprint density at radius 2 is 0.872 bits per heavy atom. The summed E-state index contributed by atoms with van der Waals surface area (Å²) in [6.45, 7) is 0. The van der Waals surface area contributed by atoms with Crippen LogP contribution in [0.1, 0.15) is 0 Å². The van der Waals surface area contributed by atoms with Gasteiger partial charge in [0.05, 0.1) is 22.4 Å². The molecule has 0 saturated heterocycles. The van der Waals surface area contributed by atoms with E-state index in [-0.39, 0.29) is 0 Å². The second kappa shape index (κ2) is 11.4. The van der Waals surface area contributed by atoms with Gasteiger partial charge in [0, 0.05) is 48.0 Å². The molecule has 9 rings (SSSR count). The first-order valence-corrected chi connectivity index (χ1v) is 16.5. The second-order valence-corrected chi connectivity index (χ2v) is 12.6. The Balaban J connectivity index is 1.27. The molecule has 0 fully saturated rings. The lowest BCUT2D eigenvalue weighted by Gasteiger charge is -2.11. The van der Waals surface area contributed by atoms with Gasteiger partial charge in [-0.3, -0.25) is 0 Å². The van der Waals surface area contributed by atoms with Crippen LogP contribution in [0.5, 0.6) is 0 Å². The van der Waals surface area contributed by atoms with Crippen LogP contribution in [-0.2, 0) is 0 Å². The van der Waals surface area contributed by atoms with Crippen LogP contribution in [0.15, 0.2) is 164 Å². The molecule has 0 saturated carbocycles. The Morgan fingerprint density at radius 3 is 1.55 bits per heavy atom. The number of thiophene rings is 1. The minimum Gasteiger partial charge on any atom is -0.247 e. The minimum absolute atomic E-state index is 0.729. The monoisotopic (exact) mass is 617 g/mol. The van der Waals surface area contributed by atoms with Crippen LogP contribution in [0.2, 0.25) is 0 Å². The number of benzene rings is 6. The molecular weight excluding hydrogens is 591 g/mol. The highest BCUT2D eigenvalue weighted by molar-refractivity contribution is 7.24. The highest BCUT2D eigenvalue weighted by atomic mass is 32.1. The van der Waals surface area contributed by atoms with E-state index in [9.17, 15) is 0 Å². The Bertz CT molecular complexity index is 2540. The lowest BCUT2D eigenvalue weighted by Crippen LogP contribution is -1.95. The van der Waals surface area contributed by atoms with Gasteiger partial charge in [0.25, 0.3) is 0 Å². The van der Waals surface area contributed by atoms with Crippen LogP contribution in [0.3, 0.4) is 0 Å². The van der Waals surface area contributed by atoms with E-state index in [0.717, 1.165) is 50.3 Å². The topological polar surface area (TPSA) is 38.7 Å². The van der Waals surface area contributed by atoms with Crippen molar-refractivity contribution < 1.29 is 0 Å². The summed E-state index contributed by atoms with van der Waals surface area (Å²) < 4.78 is 1.25. The molecule has 0 radical (unpaired) electrons. The highest BCUT2D eigenvalue weighted by Crippen LogP contribution is 2.50. The molecule has 0 bridgehead atoms. The average molecular weight is 618 g/mol. The summed E-state index contributed by atoms with van der Waals surface area (Å²) in [6.07, 6.45) is 0. The van der Waals surface area contributed by atoms with Crippen molar-refractivity contribution in [1.29, 1.82) is 0 Å². The van der Waals surface area contributed by atoms with Crippen molar-refractivity contribution in [2.45, 2.75) is 0 Å². The third-order valence-electron chi connectivity index (χ3n) is 8.69. The minimum atomic E-state index is 0.729. The molecule has 9 aromatic rings. The fourth-order valence-corrected chi connectivity index (χ4v) is 7.83. The number of rotatable bonds is 5. The third-order valence-corrected chi connectivity index (χ3v) is 9.96. The largest absolute Gasteiger partial charge is 0.247 e. The fraction of sp³-hybridized carbons (Fsp3) is 0. The van der Waals surface area contributed by atoms with Crippen LogP contribution in [0.25, 0.3) is 87.4 Å². The van der Waals surface area contributed by atoms with Gasteiger partial charge in [-0.05, 0) is 23.3 Å². The lowest BCUT2D eigenvalue weighted by molar-refractivity contribution is 1.23. The molecule has 0 spiro atoms. The van der Waals surface area contributed by atoms with Gasteiger partial charge >= 0.3 is 0 Å². The van der Waals surface area contributed by atoms with Crippen LogP contribution in [0.4, 0.5) is 0 Å². The van der Waals surface area contributed by atoms with Gasteiger partial charge < -0.3 is 0 Å². The Labute approximate surface area is 276 Å². The predicted octanol–water partition coefficient (Wildman–Crippen LogP) is 11.7. The van der Waals surface area contributed by atoms with Crippen molar-refractivity contribution in [1.82, 2.24) is 15.0 Å². The quantitative estimate of drug-likeness (QED) is 0.193. The first-order valence-electron chi connectivity index (χ1n) is 15.7. The summed E-state index contributed by atoms with van der Waals surface area (Å²) in [7, 11) is 0. The van der Waals surface area contributed by atoms with Crippen LogP contribution in [0, 0.1) is 0 Å². The van der Waals surface area contributed by atoms with E-state index in [2.05, 4.69) is 140 Å². The highest BCUT2D eigenvalue weighted by Gasteiger charge is 2.22. The van der Waals surface area contributed by atoms with E-state index in [0.29, 0.717) is 0 Å². The van der Waals surface area contributed by atoms with Crippen molar-refractivity contribution >= 4 is 43.2 Å². The molecule has 6 aromatic carbocycles. The molecule has 3 heterocycles. The maximum Gasteiger partial charge on any atom is 0.160 e. The normalized spacial score (nSPS) is 11.4. The predicted molar refractivity (Wildman–Crippen MR) is 197 cm³/mol. The van der Waals surface area contributed by atoms with Crippen LogP contribution in [-0.4, -0.2) is 15.0 Å². The molecule has 0 unspecified atom stereocenters. The average Bonchev–Trinajstić information content (AvgIpc) is 3.56. The maximum atomic E-state index is 5.28. The number of hydrogen-bond acceptors (Lipinski definition) is 4. The van der Waals surface area contributed by atoms with Crippen molar-refractivity contribution in [3.63, 3.8) is 0 Å². The number of nitrogens with zero attached hydrogens (tertiary/aromatic N) is 3. The van der Waals surface area contributed by atoms with Crippen molar-refractivity contribution in [3.05, 3.63) is 164 Å². The summed E-state index contributed by atoms with van der Waals surface area (Å²) in [5.74, 6) is 0.729. The van der Waals surface area contributed by atoms with E-state index >= 15 is 0 Å². The number of hydrogen-bond donors (Lipinski definition) is 0. The molecule has 0 N–H and O–H groups in total. The van der Waals surface area contributed by atoms with E-state index in [1.165, 1.54) is 37.0 Å². The summed E-state index contributed by atoms with van der Waals surface area (Å²) in [5, 5.41) is 3.41. The first-order chi connectivity index (χ1) is 23.3. The zero-order valence-electron chi connectivity index (χ0n) is 25.3. The molecule has 0 amide bonds. The molecular formula is C43H27N3S. The Morgan fingerprint density at radius 1 is 0.362 bits per heavy atom. The lowest BCUT2D eigenvalue weighted by atomic mass is 9.94. The van der Waals surface area contributed by atoms with E-state index in [1.807, 2.05) is 35.6 Å². The molecule has 47 heavy (non-hydrogen) atoms. The van der Waals surface area contributed by atoms with Gasteiger partial charge in [-0.15, -0.1) is 11.3 Å². The van der Waals surface area contributed by atoms with E-state index in [1.54, 1.807) is 0 Å². The van der Waals surface area contributed by atoms with Crippen LogP contribution < -0.4 is 0 Å².